The zero-order valence-electron chi connectivity index (χ0n) is 19.7. The van der Waals surface area contributed by atoms with E-state index in [9.17, 15) is 9.59 Å². The number of piperazine rings is 1. The van der Waals surface area contributed by atoms with Crippen molar-refractivity contribution in [1.29, 1.82) is 0 Å². The van der Waals surface area contributed by atoms with E-state index in [1.165, 1.54) is 32.5 Å². The Bertz CT molecular complexity index is 1210. The van der Waals surface area contributed by atoms with Gasteiger partial charge in [0.15, 0.2) is 0 Å². The summed E-state index contributed by atoms with van der Waals surface area (Å²) in [5.41, 5.74) is 8.61. The molecule has 1 atom stereocenters. The highest BCUT2D eigenvalue weighted by atomic mass is 32.1. The van der Waals surface area contributed by atoms with E-state index >= 15 is 0 Å². The topological polar surface area (TPSA) is 78.7 Å². The van der Waals surface area contributed by atoms with Gasteiger partial charge in [0, 0.05) is 37.6 Å². The van der Waals surface area contributed by atoms with E-state index in [1.54, 1.807) is 0 Å². The molecule has 2 aliphatic rings. The number of benzene rings is 2. The Morgan fingerprint density at radius 3 is 2.59 bits per heavy atom. The Morgan fingerprint density at radius 1 is 1.06 bits per heavy atom. The van der Waals surface area contributed by atoms with Crippen LogP contribution in [0.25, 0.3) is 10.8 Å². The third-order valence-electron chi connectivity index (χ3n) is 7.12. The van der Waals surface area contributed by atoms with Crippen molar-refractivity contribution in [2.24, 2.45) is 11.7 Å². The molecule has 178 valence electrons. The summed E-state index contributed by atoms with van der Waals surface area (Å²) in [5, 5.41) is 6.22. The highest BCUT2D eigenvalue weighted by molar-refractivity contribution is 7.17. The number of nitrogens with two attached hydrogens (primary N) is 1. The minimum Gasteiger partial charge on any atom is -0.365 e. The smallest absolute Gasteiger partial charge is 0.251 e. The number of rotatable bonds is 6. The number of nitrogens with one attached hydrogen (secondary N) is 1. The van der Waals surface area contributed by atoms with Crippen molar-refractivity contribution in [2.75, 3.05) is 38.0 Å². The average molecular weight is 477 g/mol. The van der Waals surface area contributed by atoms with Gasteiger partial charge in [0.05, 0.1) is 12.1 Å². The molecule has 2 heterocycles. The summed E-state index contributed by atoms with van der Waals surface area (Å²) in [6.07, 6.45) is 2.87. The van der Waals surface area contributed by atoms with Gasteiger partial charge in [-0.1, -0.05) is 49.4 Å². The van der Waals surface area contributed by atoms with Gasteiger partial charge in [-0.05, 0) is 47.1 Å². The van der Waals surface area contributed by atoms with Crippen LogP contribution in [-0.2, 0) is 24.2 Å². The lowest BCUT2D eigenvalue weighted by Crippen LogP contribution is -2.48. The molecule has 1 aromatic heterocycles. The predicted molar refractivity (Wildman–Crippen MR) is 138 cm³/mol. The van der Waals surface area contributed by atoms with Crippen LogP contribution < -0.4 is 11.1 Å². The van der Waals surface area contributed by atoms with Crippen molar-refractivity contribution in [1.82, 2.24) is 9.80 Å². The SMILES string of the molecule is CC1CCc2c(sc(NC(=O)CN3CCN(Cc4cccc5ccccc45)CC3)c2C(N)=O)C1. The summed E-state index contributed by atoms with van der Waals surface area (Å²) in [4.78, 5) is 30.8. The molecular formula is C27H32N4O2S. The first-order valence-electron chi connectivity index (χ1n) is 12.1. The first kappa shape index (κ1) is 23.0. The normalized spacial score (nSPS) is 19.1. The molecule has 0 radical (unpaired) electrons. The van der Waals surface area contributed by atoms with Gasteiger partial charge < -0.3 is 11.1 Å². The number of thiophene rings is 1. The lowest BCUT2D eigenvalue weighted by Gasteiger charge is -2.34. The monoisotopic (exact) mass is 476 g/mol. The number of carbonyl (C=O) groups excluding carboxylic acids is 2. The Labute approximate surface area is 204 Å². The second-order valence-electron chi connectivity index (χ2n) is 9.66. The first-order valence-corrected chi connectivity index (χ1v) is 12.9. The van der Waals surface area contributed by atoms with Crippen LogP contribution >= 0.6 is 11.3 Å². The lowest BCUT2D eigenvalue weighted by atomic mass is 9.88. The highest BCUT2D eigenvalue weighted by Gasteiger charge is 2.28. The molecule has 2 aromatic carbocycles. The quantitative estimate of drug-likeness (QED) is 0.566. The maximum atomic E-state index is 12.8. The summed E-state index contributed by atoms with van der Waals surface area (Å²) >= 11 is 1.53. The van der Waals surface area contributed by atoms with Gasteiger partial charge in [-0.25, -0.2) is 0 Å². The van der Waals surface area contributed by atoms with Crippen molar-refractivity contribution < 1.29 is 9.59 Å². The molecular weight excluding hydrogens is 444 g/mol. The van der Waals surface area contributed by atoms with Gasteiger partial charge >= 0.3 is 0 Å². The number of hydrogen-bond acceptors (Lipinski definition) is 5. The summed E-state index contributed by atoms with van der Waals surface area (Å²) in [7, 11) is 0. The predicted octanol–water partition coefficient (Wildman–Crippen LogP) is 3.88. The third-order valence-corrected chi connectivity index (χ3v) is 8.29. The average Bonchev–Trinajstić information content (AvgIpc) is 3.17. The van der Waals surface area contributed by atoms with Gasteiger partial charge in [-0.15, -0.1) is 11.3 Å². The minimum atomic E-state index is -0.440. The van der Waals surface area contributed by atoms with Crippen molar-refractivity contribution in [3.8, 4) is 0 Å². The third kappa shape index (κ3) is 4.87. The number of anilines is 1. The molecule has 1 unspecified atom stereocenters. The van der Waals surface area contributed by atoms with E-state index in [2.05, 4.69) is 64.5 Å². The molecule has 5 rings (SSSR count). The Balaban J connectivity index is 1.17. The van der Waals surface area contributed by atoms with E-state index in [0.717, 1.165) is 57.5 Å². The van der Waals surface area contributed by atoms with E-state index in [1.807, 2.05) is 0 Å². The van der Waals surface area contributed by atoms with Crippen LogP contribution in [0.2, 0.25) is 0 Å². The van der Waals surface area contributed by atoms with Crippen LogP contribution in [0.15, 0.2) is 42.5 Å². The molecule has 1 fully saturated rings. The number of primary amides is 1. The van der Waals surface area contributed by atoms with E-state index < -0.39 is 5.91 Å². The van der Waals surface area contributed by atoms with Crippen LogP contribution in [0.3, 0.4) is 0 Å². The van der Waals surface area contributed by atoms with Gasteiger partial charge in [-0.2, -0.15) is 0 Å². The molecule has 3 N–H and O–H groups in total. The van der Waals surface area contributed by atoms with Crippen LogP contribution in [-0.4, -0.2) is 54.3 Å². The molecule has 0 saturated carbocycles. The van der Waals surface area contributed by atoms with E-state index in [0.29, 0.717) is 23.0 Å². The molecule has 3 aromatic rings. The number of amides is 2. The van der Waals surface area contributed by atoms with E-state index in [-0.39, 0.29) is 5.91 Å². The second-order valence-corrected chi connectivity index (χ2v) is 10.8. The Hall–Kier alpha value is -2.74. The van der Waals surface area contributed by atoms with Gasteiger partial charge in [0.25, 0.3) is 5.91 Å². The fourth-order valence-corrected chi connectivity index (χ4v) is 6.68. The standard InChI is InChI=1S/C27H32N4O2S/c1-18-9-10-22-23(15-18)34-27(25(22)26(28)33)29-24(32)17-31-13-11-30(12-14-31)16-20-7-4-6-19-5-2-3-8-21(19)20/h2-8,18H,9-17H2,1H3,(H2,28,33)(H,29,32). The molecule has 1 aliphatic heterocycles. The molecule has 1 aliphatic carbocycles. The summed E-state index contributed by atoms with van der Waals surface area (Å²) in [6.45, 7) is 7.02. The first-order chi connectivity index (χ1) is 16.5. The fourth-order valence-electron chi connectivity index (χ4n) is 5.25. The number of carbonyl (C=O) groups is 2. The fraction of sp³-hybridized carbons (Fsp3) is 0.407. The maximum Gasteiger partial charge on any atom is 0.251 e. The zero-order chi connectivity index (χ0) is 23.7. The van der Waals surface area contributed by atoms with Crippen LogP contribution in [0.1, 0.15) is 39.7 Å². The van der Waals surface area contributed by atoms with Crippen LogP contribution in [0.5, 0.6) is 0 Å². The molecule has 34 heavy (non-hydrogen) atoms. The molecule has 6 nitrogen and oxygen atoms in total. The van der Waals surface area contributed by atoms with Gasteiger partial charge in [-0.3, -0.25) is 19.4 Å². The summed E-state index contributed by atoms with van der Waals surface area (Å²) < 4.78 is 0. The van der Waals surface area contributed by atoms with Crippen molar-refractivity contribution >= 4 is 38.9 Å². The highest BCUT2D eigenvalue weighted by Crippen LogP contribution is 2.39. The van der Waals surface area contributed by atoms with Crippen molar-refractivity contribution in [3.63, 3.8) is 0 Å². The number of hydrogen-bond donors (Lipinski definition) is 2. The molecule has 2 amide bonds. The maximum absolute atomic E-state index is 12.8. The largest absolute Gasteiger partial charge is 0.365 e. The van der Waals surface area contributed by atoms with Crippen LogP contribution in [0, 0.1) is 5.92 Å². The second kappa shape index (κ2) is 9.86. The zero-order valence-corrected chi connectivity index (χ0v) is 20.5. The Kier molecular flexibility index (Phi) is 6.68. The Morgan fingerprint density at radius 2 is 1.79 bits per heavy atom. The van der Waals surface area contributed by atoms with Crippen molar-refractivity contribution in [2.45, 2.75) is 32.7 Å². The number of fused-ring (bicyclic) bond motifs is 2. The summed E-state index contributed by atoms with van der Waals surface area (Å²) in [6, 6.07) is 15.0. The van der Waals surface area contributed by atoms with Gasteiger partial charge in [0.2, 0.25) is 5.91 Å². The molecule has 1 saturated heterocycles. The summed E-state index contributed by atoms with van der Waals surface area (Å²) in [5.74, 6) is 0.0849. The van der Waals surface area contributed by atoms with Crippen LogP contribution in [0.4, 0.5) is 5.00 Å². The lowest BCUT2D eigenvalue weighted by molar-refractivity contribution is -0.117. The molecule has 0 spiro atoms. The minimum absolute atomic E-state index is 0.0725. The van der Waals surface area contributed by atoms with E-state index in [4.69, 9.17) is 5.73 Å². The van der Waals surface area contributed by atoms with Crippen molar-refractivity contribution in [3.05, 3.63) is 64.0 Å². The molecule has 7 heteroatoms. The van der Waals surface area contributed by atoms with Gasteiger partial charge in [0.1, 0.15) is 5.00 Å². The number of nitrogens with zero attached hydrogens (tertiary/aromatic N) is 2. The molecule has 0 bridgehead atoms.